The molecular weight excluding hydrogens is 204 g/mol. The van der Waals surface area contributed by atoms with E-state index < -0.39 is 6.10 Å². The summed E-state index contributed by atoms with van der Waals surface area (Å²) in [7, 11) is 0. The van der Waals surface area contributed by atoms with Crippen LogP contribution in [0.4, 0.5) is 5.82 Å². The lowest BCUT2D eigenvalue weighted by Crippen LogP contribution is -2.28. The Kier molecular flexibility index (Phi) is 5.22. The van der Waals surface area contributed by atoms with Crippen LogP contribution in [0, 0.1) is 0 Å². The predicted octanol–water partition coefficient (Wildman–Crippen LogP) is 1.34. The summed E-state index contributed by atoms with van der Waals surface area (Å²) in [6.07, 6.45) is 2.21. The minimum absolute atomic E-state index is 0.112. The summed E-state index contributed by atoms with van der Waals surface area (Å²) in [5, 5.41) is 18.5. The molecular formula is C12H20N2O2. The van der Waals surface area contributed by atoms with Crippen LogP contribution >= 0.6 is 0 Å². The zero-order chi connectivity index (χ0) is 12.0. The molecule has 0 aliphatic heterocycles. The molecule has 1 rings (SSSR count). The van der Waals surface area contributed by atoms with Crippen molar-refractivity contribution in [2.24, 2.45) is 0 Å². The molecule has 0 amide bonds. The van der Waals surface area contributed by atoms with Crippen LogP contribution in [-0.2, 0) is 0 Å². The lowest BCUT2D eigenvalue weighted by Gasteiger charge is -2.22. The second kappa shape index (κ2) is 6.45. The number of aliphatic hydroxyl groups excluding tert-OH is 2. The van der Waals surface area contributed by atoms with E-state index in [0.717, 1.165) is 24.3 Å². The number of aromatic nitrogens is 1. The predicted molar refractivity (Wildman–Crippen MR) is 64.5 cm³/mol. The van der Waals surface area contributed by atoms with Gasteiger partial charge in [0, 0.05) is 19.3 Å². The highest BCUT2D eigenvalue weighted by atomic mass is 16.3. The number of anilines is 1. The van der Waals surface area contributed by atoms with Crippen molar-refractivity contribution in [1.29, 1.82) is 0 Å². The van der Waals surface area contributed by atoms with Gasteiger partial charge < -0.3 is 15.1 Å². The summed E-state index contributed by atoms with van der Waals surface area (Å²) in [5.41, 5.74) is 0.851. The van der Waals surface area contributed by atoms with E-state index in [1.165, 1.54) is 0 Å². The molecule has 0 fully saturated rings. The number of hydrogen-bond donors (Lipinski definition) is 2. The Morgan fingerprint density at radius 2 is 2.19 bits per heavy atom. The van der Waals surface area contributed by atoms with E-state index in [1.807, 2.05) is 11.0 Å². The first kappa shape index (κ1) is 12.9. The first-order chi connectivity index (χ1) is 7.69. The lowest BCUT2D eigenvalue weighted by atomic mass is 10.1. The summed E-state index contributed by atoms with van der Waals surface area (Å²) in [6, 6.07) is 3.67. The third-order valence-corrected chi connectivity index (χ3v) is 2.44. The van der Waals surface area contributed by atoms with Crippen LogP contribution in [0.2, 0.25) is 0 Å². The van der Waals surface area contributed by atoms with Crippen molar-refractivity contribution in [2.45, 2.75) is 26.4 Å². The van der Waals surface area contributed by atoms with Crippen molar-refractivity contribution in [3.8, 4) is 0 Å². The van der Waals surface area contributed by atoms with Crippen LogP contribution in [0.3, 0.4) is 0 Å². The summed E-state index contributed by atoms with van der Waals surface area (Å²) in [4.78, 5) is 6.28. The number of nitrogens with zero attached hydrogens (tertiary/aromatic N) is 2. The van der Waals surface area contributed by atoms with Gasteiger partial charge in [0.05, 0.1) is 12.7 Å². The monoisotopic (exact) mass is 224 g/mol. The fourth-order valence-corrected chi connectivity index (χ4v) is 1.60. The van der Waals surface area contributed by atoms with E-state index in [0.29, 0.717) is 6.54 Å². The van der Waals surface area contributed by atoms with Crippen molar-refractivity contribution in [3.05, 3.63) is 23.9 Å². The number of rotatable bonds is 6. The van der Waals surface area contributed by atoms with E-state index in [4.69, 9.17) is 5.11 Å². The molecule has 1 atom stereocenters. The van der Waals surface area contributed by atoms with Gasteiger partial charge in [0.2, 0.25) is 0 Å². The molecule has 90 valence electrons. The van der Waals surface area contributed by atoms with Crippen LogP contribution in [0.1, 0.15) is 31.9 Å². The maximum absolute atomic E-state index is 9.49. The molecule has 1 aromatic heterocycles. The van der Waals surface area contributed by atoms with Crippen molar-refractivity contribution in [2.75, 3.05) is 24.6 Å². The quantitative estimate of drug-likeness (QED) is 0.765. The molecule has 0 spiro atoms. The van der Waals surface area contributed by atoms with Gasteiger partial charge in [-0.1, -0.05) is 6.92 Å². The molecule has 0 saturated heterocycles. The van der Waals surface area contributed by atoms with Gasteiger partial charge in [0.1, 0.15) is 5.82 Å². The summed E-state index contributed by atoms with van der Waals surface area (Å²) >= 11 is 0. The molecule has 0 aromatic carbocycles. The minimum atomic E-state index is -0.487. The third-order valence-electron chi connectivity index (χ3n) is 2.44. The van der Waals surface area contributed by atoms with Crippen molar-refractivity contribution < 1.29 is 10.2 Å². The summed E-state index contributed by atoms with van der Waals surface area (Å²) < 4.78 is 0. The highest BCUT2D eigenvalue weighted by Gasteiger charge is 2.08. The largest absolute Gasteiger partial charge is 0.395 e. The standard InChI is InChI=1S/C12H20N2O2/c1-3-6-14(7-8-15)12-9-11(10(2)16)4-5-13-12/h4-5,9-10,15-16H,3,6-8H2,1-2H3. The van der Waals surface area contributed by atoms with Crippen LogP contribution in [0.15, 0.2) is 18.3 Å². The van der Waals surface area contributed by atoms with E-state index in [2.05, 4.69) is 11.9 Å². The van der Waals surface area contributed by atoms with E-state index >= 15 is 0 Å². The second-order valence-corrected chi connectivity index (χ2v) is 3.83. The van der Waals surface area contributed by atoms with E-state index in [-0.39, 0.29) is 6.61 Å². The molecule has 4 heteroatoms. The SMILES string of the molecule is CCCN(CCO)c1cc(C(C)O)ccn1. The van der Waals surface area contributed by atoms with Crippen molar-refractivity contribution in [1.82, 2.24) is 4.98 Å². The summed E-state index contributed by atoms with van der Waals surface area (Å²) in [6.45, 7) is 5.36. The number of hydrogen-bond acceptors (Lipinski definition) is 4. The lowest BCUT2D eigenvalue weighted by molar-refractivity contribution is 0.199. The maximum Gasteiger partial charge on any atom is 0.128 e. The van der Waals surface area contributed by atoms with Crippen LogP contribution in [0.25, 0.3) is 0 Å². The molecule has 1 aromatic rings. The molecule has 0 bridgehead atoms. The number of aliphatic hydroxyl groups is 2. The highest BCUT2D eigenvalue weighted by Crippen LogP contribution is 2.17. The van der Waals surface area contributed by atoms with Gasteiger partial charge in [-0.2, -0.15) is 0 Å². The Morgan fingerprint density at radius 3 is 2.75 bits per heavy atom. The first-order valence-electron chi connectivity index (χ1n) is 5.68. The Balaban J connectivity index is 2.86. The molecule has 4 nitrogen and oxygen atoms in total. The Hall–Kier alpha value is -1.13. The van der Waals surface area contributed by atoms with Gasteiger partial charge in [0.15, 0.2) is 0 Å². The topological polar surface area (TPSA) is 56.6 Å². The van der Waals surface area contributed by atoms with Gasteiger partial charge in [-0.25, -0.2) is 4.98 Å². The average Bonchev–Trinajstić information content (AvgIpc) is 2.29. The van der Waals surface area contributed by atoms with Crippen LogP contribution in [0.5, 0.6) is 0 Å². The Bertz CT molecular complexity index is 310. The van der Waals surface area contributed by atoms with Crippen LogP contribution < -0.4 is 4.90 Å². The average molecular weight is 224 g/mol. The van der Waals surface area contributed by atoms with E-state index in [9.17, 15) is 5.11 Å². The van der Waals surface area contributed by atoms with Gasteiger partial charge in [-0.3, -0.25) is 0 Å². The van der Waals surface area contributed by atoms with E-state index in [1.54, 1.807) is 19.2 Å². The van der Waals surface area contributed by atoms with Crippen LogP contribution in [-0.4, -0.2) is 34.9 Å². The molecule has 1 heterocycles. The third kappa shape index (κ3) is 3.47. The minimum Gasteiger partial charge on any atom is -0.395 e. The normalized spacial score (nSPS) is 12.5. The molecule has 0 aliphatic rings. The molecule has 16 heavy (non-hydrogen) atoms. The first-order valence-corrected chi connectivity index (χ1v) is 5.68. The molecule has 0 aliphatic carbocycles. The zero-order valence-electron chi connectivity index (χ0n) is 9.93. The molecule has 0 radical (unpaired) electrons. The van der Waals surface area contributed by atoms with Crippen molar-refractivity contribution in [3.63, 3.8) is 0 Å². The van der Waals surface area contributed by atoms with Gasteiger partial charge in [-0.15, -0.1) is 0 Å². The van der Waals surface area contributed by atoms with Gasteiger partial charge in [0.25, 0.3) is 0 Å². The molecule has 2 N–H and O–H groups in total. The zero-order valence-corrected chi connectivity index (χ0v) is 9.93. The van der Waals surface area contributed by atoms with Gasteiger partial charge >= 0.3 is 0 Å². The fraction of sp³-hybridized carbons (Fsp3) is 0.583. The second-order valence-electron chi connectivity index (χ2n) is 3.83. The Morgan fingerprint density at radius 1 is 1.44 bits per heavy atom. The maximum atomic E-state index is 9.49. The Labute approximate surface area is 96.6 Å². The number of pyridine rings is 1. The summed E-state index contributed by atoms with van der Waals surface area (Å²) in [5.74, 6) is 0.814. The van der Waals surface area contributed by atoms with Gasteiger partial charge in [-0.05, 0) is 31.0 Å². The molecule has 0 saturated carbocycles. The highest BCUT2D eigenvalue weighted by molar-refractivity contribution is 5.41. The van der Waals surface area contributed by atoms with Crippen molar-refractivity contribution >= 4 is 5.82 Å². The smallest absolute Gasteiger partial charge is 0.128 e. The fourth-order valence-electron chi connectivity index (χ4n) is 1.60. The molecule has 1 unspecified atom stereocenters.